The van der Waals surface area contributed by atoms with E-state index in [0.29, 0.717) is 18.7 Å². The summed E-state index contributed by atoms with van der Waals surface area (Å²) in [6.07, 6.45) is 1.94. The molecule has 128 valence electrons. The first-order valence-electron chi connectivity index (χ1n) is 7.71. The molecule has 1 amide bonds. The van der Waals surface area contributed by atoms with Gasteiger partial charge >= 0.3 is 0 Å². The number of nitrogens with zero attached hydrogens (tertiary/aromatic N) is 3. The van der Waals surface area contributed by atoms with Crippen molar-refractivity contribution in [1.29, 1.82) is 0 Å². The third-order valence-electron chi connectivity index (χ3n) is 3.94. The Bertz CT molecular complexity index is 869. The van der Waals surface area contributed by atoms with Gasteiger partial charge < -0.3 is 9.47 Å². The van der Waals surface area contributed by atoms with Crippen molar-refractivity contribution in [2.75, 3.05) is 0 Å². The zero-order chi connectivity index (χ0) is 17.8. The van der Waals surface area contributed by atoms with E-state index in [4.69, 9.17) is 0 Å². The molecule has 0 saturated heterocycles. The monoisotopic (exact) mass is 355 g/mol. The number of nitro groups is 1. The summed E-state index contributed by atoms with van der Waals surface area (Å²) in [5, 5.41) is 12.8. The minimum atomic E-state index is -0.471. The van der Waals surface area contributed by atoms with E-state index in [1.807, 2.05) is 47.5 Å². The smallest absolute Gasteiger partial charge is 0.269 e. The van der Waals surface area contributed by atoms with Gasteiger partial charge in [-0.05, 0) is 35.7 Å². The number of hydrogen-bond acceptors (Lipinski definition) is 4. The quantitative estimate of drug-likeness (QED) is 0.498. The minimum Gasteiger partial charge on any atom is -0.353 e. The number of hydrogen-bond donors (Lipinski definition) is 0. The molecule has 0 aliphatic rings. The summed E-state index contributed by atoms with van der Waals surface area (Å²) in [7, 11) is 1.94. The van der Waals surface area contributed by atoms with E-state index in [1.165, 1.54) is 24.3 Å². The number of nitro benzene ring substituents is 1. The molecule has 0 aliphatic heterocycles. The average Bonchev–Trinajstić information content (AvgIpc) is 3.26. The molecule has 0 bridgehead atoms. The highest BCUT2D eigenvalue weighted by Crippen LogP contribution is 2.19. The number of thiophene rings is 1. The van der Waals surface area contributed by atoms with Crippen molar-refractivity contribution in [3.05, 3.63) is 86.4 Å². The number of rotatable bonds is 6. The van der Waals surface area contributed by atoms with Crippen molar-refractivity contribution in [3.8, 4) is 0 Å². The third-order valence-corrected chi connectivity index (χ3v) is 4.80. The van der Waals surface area contributed by atoms with E-state index in [9.17, 15) is 14.9 Å². The number of aromatic nitrogens is 1. The van der Waals surface area contributed by atoms with E-state index in [0.717, 1.165) is 10.6 Å². The molecule has 1 aromatic carbocycles. The molecule has 0 N–H and O–H groups in total. The Kier molecular flexibility index (Phi) is 4.95. The van der Waals surface area contributed by atoms with Crippen molar-refractivity contribution in [1.82, 2.24) is 9.47 Å². The highest BCUT2D eigenvalue weighted by atomic mass is 32.1. The molecule has 0 radical (unpaired) electrons. The lowest BCUT2D eigenvalue weighted by molar-refractivity contribution is -0.384. The van der Waals surface area contributed by atoms with Crippen LogP contribution in [0.3, 0.4) is 0 Å². The van der Waals surface area contributed by atoms with Crippen molar-refractivity contribution in [3.63, 3.8) is 0 Å². The molecule has 2 heterocycles. The second-order valence-electron chi connectivity index (χ2n) is 5.65. The summed E-state index contributed by atoms with van der Waals surface area (Å²) in [5.74, 6) is -0.149. The first-order chi connectivity index (χ1) is 12.0. The summed E-state index contributed by atoms with van der Waals surface area (Å²) in [6, 6.07) is 13.6. The van der Waals surface area contributed by atoms with Crippen LogP contribution in [0.4, 0.5) is 5.69 Å². The van der Waals surface area contributed by atoms with Gasteiger partial charge in [-0.3, -0.25) is 14.9 Å². The van der Waals surface area contributed by atoms with Gasteiger partial charge in [-0.2, -0.15) is 0 Å². The van der Waals surface area contributed by atoms with Gasteiger partial charge in [-0.1, -0.05) is 6.07 Å². The summed E-state index contributed by atoms with van der Waals surface area (Å²) in [4.78, 5) is 26.1. The summed E-state index contributed by atoms with van der Waals surface area (Å²) in [5.41, 5.74) is 1.44. The number of benzene rings is 1. The molecule has 0 fully saturated rings. The van der Waals surface area contributed by atoms with Crippen LogP contribution in [0.25, 0.3) is 0 Å². The van der Waals surface area contributed by atoms with Gasteiger partial charge in [-0.15, -0.1) is 11.3 Å². The van der Waals surface area contributed by atoms with Crippen LogP contribution in [0, 0.1) is 10.1 Å². The second-order valence-corrected chi connectivity index (χ2v) is 6.69. The molecule has 3 aromatic rings. The van der Waals surface area contributed by atoms with Crippen LogP contribution in [-0.4, -0.2) is 20.3 Å². The average molecular weight is 355 g/mol. The molecule has 25 heavy (non-hydrogen) atoms. The van der Waals surface area contributed by atoms with E-state index >= 15 is 0 Å². The van der Waals surface area contributed by atoms with Crippen molar-refractivity contribution in [2.45, 2.75) is 13.1 Å². The molecule has 0 unspecified atom stereocenters. The molecule has 0 atom stereocenters. The fourth-order valence-electron chi connectivity index (χ4n) is 2.55. The lowest BCUT2D eigenvalue weighted by atomic mass is 10.1. The minimum absolute atomic E-state index is 0.0243. The number of carbonyl (C=O) groups is 1. The lowest BCUT2D eigenvalue weighted by Gasteiger charge is -2.22. The summed E-state index contributed by atoms with van der Waals surface area (Å²) >= 11 is 1.60. The molecule has 2 aromatic heterocycles. The number of amides is 1. The van der Waals surface area contributed by atoms with Crippen LogP contribution in [-0.2, 0) is 20.1 Å². The largest absolute Gasteiger partial charge is 0.353 e. The first kappa shape index (κ1) is 16.9. The highest BCUT2D eigenvalue weighted by Gasteiger charge is 2.19. The Hall–Kier alpha value is -2.93. The van der Waals surface area contributed by atoms with Gasteiger partial charge in [0.25, 0.3) is 11.6 Å². The maximum absolute atomic E-state index is 12.9. The van der Waals surface area contributed by atoms with Crippen LogP contribution in [0.15, 0.2) is 60.1 Å². The van der Waals surface area contributed by atoms with Gasteiger partial charge in [0.05, 0.1) is 18.0 Å². The van der Waals surface area contributed by atoms with Crippen LogP contribution in [0.2, 0.25) is 0 Å². The predicted molar refractivity (Wildman–Crippen MR) is 96.4 cm³/mol. The number of carbonyl (C=O) groups excluding carboxylic acids is 1. The van der Waals surface area contributed by atoms with Crippen molar-refractivity contribution < 1.29 is 9.72 Å². The van der Waals surface area contributed by atoms with Crippen LogP contribution < -0.4 is 0 Å². The highest BCUT2D eigenvalue weighted by molar-refractivity contribution is 7.09. The maximum atomic E-state index is 12.9. The molecule has 3 rings (SSSR count). The van der Waals surface area contributed by atoms with Crippen LogP contribution in [0.5, 0.6) is 0 Å². The normalized spacial score (nSPS) is 10.6. The summed E-state index contributed by atoms with van der Waals surface area (Å²) < 4.78 is 1.98. The second kappa shape index (κ2) is 7.31. The summed E-state index contributed by atoms with van der Waals surface area (Å²) in [6.45, 7) is 0.968. The van der Waals surface area contributed by atoms with Gasteiger partial charge in [0.1, 0.15) is 0 Å². The standard InChI is InChI=1S/C18H17N3O3S/c1-19-10-2-4-16(19)12-20(13-17-5-3-11-25-17)18(22)14-6-8-15(9-7-14)21(23)24/h2-11H,12-13H2,1H3. The molecule has 0 spiro atoms. The fraction of sp³-hybridized carbons (Fsp3) is 0.167. The fourth-order valence-corrected chi connectivity index (χ4v) is 3.27. The Morgan fingerprint density at radius 2 is 1.92 bits per heavy atom. The Balaban J connectivity index is 1.85. The molecule has 0 aliphatic carbocycles. The van der Waals surface area contributed by atoms with Crippen molar-refractivity contribution >= 4 is 22.9 Å². The van der Waals surface area contributed by atoms with Crippen LogP contribution in [0.1, 0.15) is 20.9 Å². The van der Waals surface area contributed by atoms with E-state index in [-0.39, 0.29) is 11.6 Å². The molecular weight excluding hydrogens is 338 g/mol. The predicted octanol–water partition coefficient (Wildman–Crippen LogP) is 3.84. The van der Waals surface area contributed by atoms with E-state index in [1.54, 1.807) is 16.2 Å². The van der Waals surface area contributed by atoms with Crippen LogP contribution >= 0.6 is 11.3 Å². The third kappa shape index (κ3) is 3.95. The topological polar surface area (TPSA) is 68.4 Å². The number of aryl methyl sites for hydroxylation is 1. The Morgan fingerprint density at radius 3 is 2.48 bits per heavy atom. The zero-order valence-corrected chi connectivity index (χ0v) is 14.5. The van der Waals surface area contributed by atoms with E-state index in [2.05, 4.69) is 0 Å². The first-order valence-corrected chi connectivity index (χ1v) is 8.59. The Morgan fingerprint density at radius 1 is 1.16 bits per heavy atom. The van der Waals surface area contributed by atoms with Gasteiger partial charge in [-0.25, -0.2) is 0 Å². The number of non-ortho nitro benzene ring substituents is 1. The molecular formula is C18H17N3O3S. The van der Waals surface area contributed by atoms with Crippen molar-refractivity contribution in [2.24, 2.45) is 7.05 Å². The molecule has 7 heteroatoms. The SMILES string of the molecule is Cn1cccc1CN(Cc1cccs1)C(=O)c1ccc([N+](=O)[O-])cc1. The van der Waals surface area contributed by atoms with Gasteiger partial charge in [0.2, 0.25) is 0 Å². The molecule has 0 saturated carbocycles. The van der Waals surface area contributed by atoms with E-state index < -0.39 is 4.92 Å². The lowest BCUT2D eigenvalue weighted by Crippen LogP contribution is -2.30. The zero-order valence-electron chi connectivity index (χ0n) is 13.7. The van der Waals surface area contributed by atoms with Gasteiger partial charge in [0, 0.05) is 41.5 Å². The van der Waals surface area contributed by atoms with Gasteiger partial charge in [0.15, 0.2) is 0 Å². The molecule has 6 nitrogen and oxygen atoms in total. The Labute approximate surface area is 149 Å². The maximum Gasteiger partial charge on any atom is 0.269 e.